The summed E-state index contributed by atoms with van der Waals surface area (Å²) in [5.74, 6) is 0. The van der Waals surface area contributed by atoms with Crippen molar-refractivity contribution >= 4 is 38.8 Å². The van der Waals surface area contributed by atoms with Crippen LogP contribution in [0, 0.1) is 0 Å². The van der Waals surface area contributed by atoms with Gasteiger partial charge in [-0.15, -0.1) is 0 Å². The normalized spacial score (nSPS) is 12.3. The Bertz CT molecular complexity index is 3080. The number of fused-ring (bicyclic) bond motifs is 6. The van der Waals surface area contributed by atoms with Crippen LogP contribution in [-0.4, -0.2) is 29.1 Å². The molecule has 4 aromatic carbocycles. The van der Waals surface area contributed by atoms with Gasteiger partial charge in [0.1, 0.15) is 0 Å². The summed E-state index contributed by atoms with van der Waals surface area (Å²) in [6.45, 7) is 0.822. The van der Waals surface area contributed by atoms with E-state index in [0.29, 0.717) is 0 Å². The summed E-state index contributed by atoms with van der Waals surface area (Å²) in [7, 11) is 0. The molecular formula is C49H33N7. The third-order valence-corrected chi connectivity index (χ3v) is 10.7. The molecule has 264 valence electrons. The van der Waals surface area contributed by atoms with Gasteiger partial charge in [-0.1, -0.05) is 78.9 Å². The molecule has 1 N–H and O–H groups in total. The highest BCUT2D eigenvalue weighted by Gasteiger charge is 2.18. The van der Waals surface area contributed by atoms with E-state index in [9.17, 15) is 0 Å². The number of hydrogen-bond donors (Lipinski definition) is 1. The van der Waals surface area contributed by atoms with Gasteiger partial charge in [0.2, 0.25) is 0 Å². The minimum Gasteiger partial charge on any atom is -0.387 e. The fourth-order valence-corrected chi connectivity index (χ4v) is 8.12. The Hall–Kier alpha value is -7.64. The predicted molar refractivity (Wildman–Crippen MR) is 226 cm³/mol. The molecule has 56 heavy (non-hydrogen) atoms. The first-order valence-corrected chi connectivity index (χ1v) is 18.8. The number of benzene rings is 4. The van der Waals surface area contributed by atoms with Crippen molar-refractivity contribution in [2.24, 2.45) is 0 Å². The first kappa shape index (κ1) is 31.8. The van der Waals surface area contributed by atoms with Crippen LogP contribution in [0.1, 0.15) is 11.3 Å². The van der Waals surface area contributed by atoms with Crippen LogP contribution in [0.25, 0.3) is 95.5 Å². The summed E-state index contributed by atoms with van der Waals surface area (Å²) in [4.78, 5) is 19.6. The first-order chi connectivity index (χ1) is 27.8. The molecule has 7 heterocycles. The van der Waals surface area contributed by atoms with E-state index in [-0.39, 0.29) is 0 Å². The van der Waals surface area contributed by atoms with E-state index < -0.39 is 0 Å². The Morgan fingerprint density at radius 2 is 0.929 bits per heavy atom. The SMILES string of the molecule is C1=Cc2c(c3ccccc3n2-c2ccc(-c3cccc(-c4cccc(-c5cccc(-c6ccc(-n7c8ccccc8c8cnccc87)cc6)n5)n4)n3)cc2)CN1. The molecule has 0 saturated carbocycles. The van der Waals surface area contributed by atoms with Crippen LogP contribution in [0.15, 0.2) is 176 Å². The lowest BCUT2D eigenvalue weighted by atomic mass is 10.1. The lowest BCUT2D eigenvalue weighted by molar-refractivity contribution is 0.855. The molecular weight excluding hydrogens is 687 g/mol. The van der Waals surface area contributed by atoms with Crippen molar-refractivity contribution in [1.29, 1.82) is 0 Å². The van der Waals surface area contributed by atoms with Gasteiger partial charge in [-0.2, -0.15) is 0 Å². The van der Waals surface area contributed by atoms with Gasteiger partial charge in [0, 0.05) is 63.2 Å². The summed E-state index contributed by atoms with van der Waals surface area (Å²) in [5.41, 5.74) is 15.3. The molecule has 1 aliphatic rings. The molecule has 0 bridgehead atoms. The first-order valence-electron chi connectivity index (χ1n) is 18.8. The number of nitrogens with zero attached hydrogens (tertiary/aromatic N) is 6. The van der Waals surface area contributed by atoms with Crippen molar-refractivity contribution in [2.75, 3.05) is 0 Å². The zero-order valence-electron chi connectivity index (χ0n) is 30.2. The predicted octanol–water partition coefficient (Wildman–Crippen LogP) is 11.0. The van der Waals surface area contributed by atoms with Crippen LogP contribution in [0.3, 0.4) is 0 Å². The van der Waals surface area contributed by atoms with Crippen LogP contribution in [-0.2, 0) is 6.54 Å². The van der Waals surface area contributed by atoms with E-state index in [0.717, 1.165) is 79.6 Å². The fraction of sp³-hybridized carbons (Fsp3) is 0.0204. The maximum absolute atomic E-state index is 5.08. The Morgan fingerprint density at radius 3 is 1.55 bits per heavy atom. The lowest BCUT2D eigenvalue weighted by Gasteiger charge is -2.13. The van der Waals surface area contributed by atoms with Crippen molar-refractivity contribution in [1.82, 2.24) is 34.4 Å². The highest BCUT2D eigenvalue weighted by molar-refractivity contribution is 6.08. The molecule has 7 heteroatoms. The number of rotatable bonds is 6. The Morgan fingerprint density at radius 1 is 0.429 bits per heavy atom. The molecule has 10 aromatic rings. The van der Waals surface area contributed by atoms with E-state index in [1.165, 1.54) is 27.5 Å². The molecule has 0 aliphatic carbocycles. The van der Waals surface area contributed by atoms with Crippen LogP contribution >= 0.6 is 0 Å². The quantitative estimate of drug-likeness (QED) is 0.185. The highest BCUT2D eigenvalue weighted by Crippen LogP contribution is 2.34. The third-order valence-electron chi connectivity index (χ3n) is 10.7. The number of nitrogens with one attached hydrogen (secondary N) is 1. The standard InChI is InChI=1S/C49H33N7/c1-3-16-46-36(8-1)38-30-50-28-26-48(38)55(46)34-22-18-32(19-23-34)40-10-5-12-42(52-40)44-14-7-15-45(54-44)43-13-6-11-41(53-43)33-20-24-35(25-21-33)56-47-17-4-2-9-37(47)39-31-51-29-27-49(39)56/h1-30,51H,31H2. The van der Waals surface area contributed by atoms with Crippen molar-refractivity contribution in [3.05, 3.63) is 188 Å². The lowest BCUT2D eigenvalue weighted by Crippen LogP contribution is -2.10. The third kappa shape index (κ3) is 5.28. The Labute approximate surface area is 322 Å². The van der Waals surface area contributed by atoms with E-state index in [1.807, 2.05) is 67.1 Å². The van der Waals surface area contributed by atoms with E-state index in [1.54, 1.807) is 0 Å². The second-order valence-electron chi connectivity index (χ2n) is 14.0. The number of para-hydroxylation sites is 2. The fourth-order valence-electron chi connectivity index (χ4n) is 8.12. The van der Waals surface area contributed by atoms with Gasteiger partial charge in [0.25, 0.3) is 0 Å². The zero-order chi connectivity index (χ0) is 37.0. The molecule has 0 amide bonds. The Balaban J connectivity index is 0.876. The van der Waals surface area contributed by atoms with Crippen molar-refractivity contribution in [2.45, 2.75) is 6.54 Å². The van der Waals surface area contributed by atoms with E-state index in [2.05, 4.69) is 135 Å². The summed E-state index contributed by atoms with van der Waals surface area (Å²) >= 11 is 0. The van der Waals surface area contributed by atoms with E-state index in [4.69, 9.17) is 15.0 Å². The average molecular weight is 720 g/mol. The second kappa shape index (κ2) is 13.0. The molecule has 0 atom stereocenters. The van der Waals surface area contributed by atoms with Gasteiger partial charge in [0.15, 0.2) is 0 Å². The van der Waals surface area contributed by atoms with Gasteiger partial charge in [-0.05, 0) is 91.1 Å². The van der Waals surface area contributed by atoms with E-state index >= 15 is 0 Å². The minimum atomic E-state index is 0.794. The summed E-state index contributed by atoms with van der Waals surface area (Å²) < 4.78 is 4.63. The topological polar surface area (TPSA) is 73.5 Å². The molecule has 0 saturated heterocycles. The summed E-state index contributed by atoms with van der Waals surface area (Å²) in [5, 5.41) is 6.98. The number of hydrogen-bond acceptors (Lipinski definition) is 5. The molecule has 7 nitrogen and oxygen atoms in total. The molecule has 1 aliphatic heterocycles. The van der Waals surface area contributed by atoms with Crippen molar-refractivity contribution in [3.8, 4) is 56.7 Å². The highest BCUT2D eigenvalue weighted by atomic mass is 15.0. The summed E-state index contributed by atoms with van der Waals surface area (Å²) in [6.07, 6.45) is 7.99. The largest absolute Gasteiger partial charge is 0.387 e. The van der Waals surface area contributed by atoms with Crippen LogP contribution in [0.2, 0.25) is 0 Å². The van der Waals surface area contributed by atoms with Gasteiger partial charge < -0.3 is 14.5 Å². The maximum Gasteiger partial charge on any atom is 0.0894 e. The van der Waals surface area contributed by atoms with Crippen molar-refractivity contribution < 1.29 is 0 Å². The van der Waals surface area contributed by atoms with Gasteiger partial charge in [0.05, 0.1) is 56.4 Å². The van der Waals surface area contributed by atoms with Crippen LogP contribution in [0.5, 0.6) is 0 Å². The van der Waals surface area contributed by atoms with Gasteiger partial charge >= 0.3 is 0 Å². The number of aromatic nitrogens is 6. The number of pyridine rings is 4. The monoisotopic (exact) mass is 719 g/mol. The molecule has 0 unspecified atom stereocenters. The Kier molecular flexibility index (Phi) is 7.41. The van der Waals surface area contributed by atoms with Gasteiger partial charge in [-0.25, -0.2) is 15.0 Å². The average Bonchev–Trinajstić information content (AvgIpc) is 3.80. The zero-order valence-corrected chi connectivity index (χ0v) is 30.2. The van der Waals surface area contributed by atoms with Crippen LogP contribution in [0.4, 0.5) is 0 Å². The molecule has 0 radical (unpaired) electrons. The minimum absolute atomic E-state index is 0.794. The smallest absolute Gasteiger partial charge is 0.0894 e. The molecule has 0 fully saturated rings. The maximum atomic E-state index is 5.08. The molecule has 6 aromatic heterocycles. The summed E-state index contributed by atoms with van der Waals surface area (Å²) in [6, 6.07) is 54.7. The van der Waals surface area contributed by atoms with Gasteiger partial charge in [-0.3, -0.25) is 4.98 Å². The van der Waals surface area contributed by atoms with Crippen LogP contribution < -0.4 is 5.32 Å². The molecule has 11 rings (SSSR count). The molecule has 0 spiro atoms. The van der Waals surface area contributed by atoms with Crippen molar-refractivity contribution in [3.63, 3.8) is 0 Å². The second-order valence-corrected chi connectivity index (χ2v) is 14.0.